The molecule has 0 atom stereocenters. The number of hydrogen-bond donors (Lipinski definition) is 1. The number of nitrogens with zero attached hydrogens (tertiary/aromatic N) is 1. The average Bonchev–Trinajstić information content (AvgIpc) is 3.26. The predicted molar refractivity (Wildman–Crippen MR) is 95.5 cm³/mol. The first kappa shape index (κ1) is 14.8. The van der Waals surface area contributed by atoms with E-state index in [0.29, 0.717) is 0 Å². The fraction of sp³-hybridized carbons (Fsp3) is 0.250. The Balaban J connectivity index is 1.72. The molecule has 2 aliphatic heterocycles. The van der Waals surface area contributed by atoms with Crippen molar-refractivity contribution in [3.05, 3.63) is 69.9 Å². The molecule has 24 heavy (non-hydrogen) atoms. The van der Waals surface area contributed by atoms with Gasteiger partial charge in [-0.15, -0.1) is 0 Å². The summed E-state index contributed by atoms with van der Waals surface area (Å²) in [5.74, 6) is 1.74. The van der Waals surface area contributed by atoms with Crippen molar-refractivity contribution in [3.8, 4) is 5.75 Å². The predicted octanol–water partition coefficient (Wildman–Crippen LogP) is 3.94. The maximum absolute atomic E-state index is 5.67. The van der Waals surface area contributed by atoms with Gasteiger partial charge in [-0.1, -0.05) is 12.1 Å². The highest BCUT2D eigenvalue weighted by molar-refractivity contribution is 6.12. The normalized spacial score (nSPS) is 17.5. The van der Waals surface area contributed by atoms with Crippen molar-refractivity contribution in [1.29, 1.82) is 0 Å². The summed E-state index contributed by atoms with van der Waals surface area (Å²) in [7, 11) is 1.68. The molecule has 0 bridgehead atoms. The van der Waals surface area contributed by atoms with Crippen molar-refractivity contribution in [3.63, 3.8) is 0 Å². The van der Waals surface area contributed by atoms with E-state index in [1.54, 1.807) is 7.11 Å². The van der Waals surface area contributed by atoms with Gasteiger partial charge in [0.2, 0.25) is 0 Å². The zero-order valence-electron chi connectivity index (χ0n) is 14.1. The summed E-state index contributed by atoms with van der Waals surface area (Å²) < 4.78 is 11.2. The van der Waals surface area contributed by atoms with Gasteiger partial charge in [-0.3, -0.25) is 0 Å². The largest absolute Gasteiger partial charge is 0.494 e. The number of fused-ring (bicyclic) bond motifs is 1. The molecule has 0 spiro atoms. The van der Waals surface area contributed by atoms with E-state index in [-0.39, 0.29) is 0 Å². The van der Waals surface area contributed by atoms with E-state index >= 15 is 0 Å². The van der Waals surface area contributed by atoms with Crippen LogP contribution < -0.4 is 4.74 Å². The Bertz CT molecular complexity index is 900. The van der Waals surface area contributed by atoms with Crippen molar-refractivity contribution in [2.24, 2.45) is 4.99 Å². The van der Waals surface area contributed by atoms with E-state index < -0.39 is 0 Å². The topological polar surface area (TPSA) is 46.6 Å². The van der Waals surface area contributed by atoms with Crippen LogP contribution >= 0.6 is 0 Å². The number of rotatable bonds is 3. The molecule has 1 N–H and O–H groups in total. The SMILES string of the molecule is COC1=CC(c2ccc3c(c2)OCC3)=NC1=Cc1[nH]c(C)cc1C. The van der Waals surface area contributed by atoms with Crippen LogP contribution in [-0.4, -0.2) is 24.4 Å². The van der Waals surface area contributed by atoms with Gasteiger partial charge >= 0.3 is 0 Å². The molecule has 0 fully saturated rings. The first-order valence-corrected chi connectivity index (χ1v) is 8.13. The quantitative estimate of drug-likeness (QED) is 0.931. The van der Waals surface area contributed by atoms with Crippen LogP contribution in [-0.2, 0) is 11.2 Å². The molecule has 3 heterocycles. The lowest BCUT2D eigenvalue weighted by atomic mass is 10.1. The molecule has 1 aromatic heterocycles. The Kier molecular flexibility index (Phi) is 3.53. The number of H-pyrrole nitrogens is 1. The number of nitrogens with one attached hydrogen (secondary N) is 1. The second-order valence-corrected chi connectivity index (χ2v) is 6.21. The molecule has 0 saturated heterocycles. The van der Waals surface area contributed by atoms with Gasteiger partial charge < -0.3 is 14.5 Å². The van der Waals surface area contributed by atoms with Gasteiger partial charge in [-0.2, -0.15) is 0 Å². The number of aromatic nitrogens is 1. The summed E-state index contributed by atoms with van der Waals surface area (Å²) in [5, 5.41) is 0. The van der Waals surface area contributed by atoms with Gasteiger partial charge in [0.15, 0.2) is 0 Å². The van der Waals surface area contributed by atoms with Crippen LogP contribution in [0.15, 0.2) is 46.8 Å². The number of methoxy groups -OCH3 is 1. The van der Waals surface area contributed by atoms with Crippen LogP contribution in [0.4, 0.5) is 0 Å². The molecule has 4 rings (SSSR count). The maximum atomic E-state index is 5.67. The Hall–Kier alpha value is -2.75. The summed E-state index contributed by atoms with van der Waals surface area (Å²) in [4.78, 5) is 8.12. The second kappa shape index (κ2) is 5.71. The number of ether oxygens (including phenoxy) is 2. The molecule has 2 aromatic rings. The molecule has 0 amide bonds. The Morgan fingerprint density at radius 3 is 2.88 bits per heavy atom. The number of hydrogen-bond acceptors (Lipinski definition) is 3. The summed E-state index contributed by atoms with van der Waals surface area (Å²) in [5.41, 5.74) is 7.45. The van der Waals surface area contributed by atoms with Crippen LogP contribution in [0.3, 0.4) is 0 Å². The molecule has 0 aliphatic carbocycles. The number of aryl methyl sites for hydroxylation is 2. The fourth-order valence-corrected chi connectivity index (χ4v) is 3.19. The van der Waals surface area contributed by atoms with E-state index in [1.165, 1.54) is 11.1 Å². The van der Waals surface area contributed by atoms with E-state index in [0.717, 1.165) is 52.9 Å². The Morgan fingerprint density at radius 1 is 1.25 bits per heavy atom. The number of allylic oxidation sites excluding steroid dienone is 1. The minimum absolute atomic E-state index is 0.765. The molecule has 122 valence electrons. The third-order valence-corrected chi connectivity index (χ3v) is 4.44. The molecule has 4 heteroatoms. The van der Waals surface area contributed by atoms with Crippen LogP contribution in [0.5, 0.6) is 5.75 Å². The van der Waals surface area contributed by atoms with Gasteiger partial charge in [0.05, 0.1) is 19.4 Å². The van der Waals surface area contributed by atoms with Crippen LogP contribution in [0.1, 0.15) is 28.1 Å². The van der Waals surface area contributed by atoms with Gasteiger partial charge in [-0.25, -0.2) is 4.99 Å². The molecule has 4 nitrogen and oxygen atoms in total. The zero-order chi connectivity index (χ0) is 16.7. The molecule has 0 radical (unpaired) electrons. The fourth-order valence-electron chi connectivity index (χ4n) is 3.19. The summed E-state index contributed by atoms with van der Waals surface area (Å²) in [6, 6.07) is 8.42. The van der Waals surface area contributed by atoms with Crippen LogP contribution in [0, 0.1) is 13.8 Å². The van der Waals surface area contributed by atoms with Crippen molar-refractivity contribution in [2.75, 3.05) is 13.7 Å². The Labute approximate surface area is 141 Å². The molecular weight excluding hydrogens is 300 g/mol. The monoisotopic (exact) mass is 320 g/mol. The van der Waals surface area contributed by atoms with Crippen LogP contribution in [0.2, 0.25) is 0 Å². The minimum Gasteiger partial charge on any atom is -0.494 e. The van der Waals surface area contributed by atoms with Gasteiger partial charge in [0.1, 0.15) is 17.2 Å². The summed E-state index contributed by atoms with van der Waals surface area (Å²) >= 11 is 0. The van der Waals surface area contributed by atoms with E-state index in [4.69, 9.17) is 14.5 Å². The average molecular weight is 320 g/mol. The third-order valence-electron chi connectivity index (χ3n) is 4.44. The highest BCUT2D eigenvalue weighted by Crippen LogP contribution is 2.30. The van der Waals surface area contributed by atoms with Crippen molar-refractivity contribution < 1.29 is 9.47 Å². The number of benzene rings is 1. The standard InChI is InChI=1S/C20H20N2O2/c1-12-8-13(2)21-16(12)10-18-20(23-3)11-17(22-18)15-5-4-14-6-7-24-19(14)9-15/h4-5,8-11,21H,6-7H2,1-3H3. The molecule has 0 unspecified atom stereocenters. The first-order chi connectivity index (χ1) is 11.6. The molecular formula is C20H20N2O2. The molecule has 0 saturated carbocycles. The Morgan fingerprint density at radius 2 is 2.12 bits per heavy atom. The van der Waals surface area contributed by atoms with Crippen molar-refractivity contribution in [1.82, 2.24) is 4.98 Å². The minimum atomic E-state index is 0.765. The number of aliphatic imine (C=N–C) groups is 1. The molecule has 1 aromatic carbocycles. The lowest BCUT2D eigenvalue weighted by Crippen LogP contribution is -1.94. The highest BCUT2D eigenvalue weighted by atomic mass is 16.5. The molecule has 2 aliphatic rings. The maximum Gasteiger partial charge on any atom is 0.146 e. The van der Waals surface area contributed by atoms with Crippen molar-refractivity contribution in [2.45, 2.75) is 20.3 Å². The van der Waals surface area contributed by atoms with E-state index in [2.05, 4.69) is 43.1 Å². The van der Waals surface area contributed by atoms with E-state index in [1.807, 2.05) is 12.2 Å². The van der Waals surface area contributed by atoms with Gasteiger partial charge in [0, 0.05) is 29.4 Å². The summed E-state index contributed by atoms with van der Waals surface area (Å²) in [6.45, 7) is 4.90. The summed E-state index contributed by atoms with van der Waals surface area (Å²) in [6.07, 6.45) is 5.00. The second-order valence-electron chi connectivity index (χ2n) is 6.21. The zero-order valence-corrected chi connectivity index (χ0v) is 14.1. The van der Waals surface area contributed by atoms with Crippen molar-refractivity contribution >= 4 is 11.8 Å². The van der Waals surface area contributed by atoms with Gasteiger partial charge in [0.25, 0.3) is 0 Å². The lowest BCUT2D eigenvalue weighted by Gasteiger charge is -2.02. The lowest BCUT2D eigenvalue weighted by molar-refractivity contribution is 0.303. The third kappa shape index (κ3) is 2.54. The first-order valence-electron chi connectivity index (χ1n) is 8.13. The van der Waals surface area contributed by atoms with Crippen LogP contribution in [0.25, 0.3) is 6.08 Å². The number of aromatic amines is 1. The van der Waals surface area contributed by atoms with Gasteiger partial charge in [-0.05, 0) is 43.2 Å². The highest BCUT2D eigenvalue weighted by Gasteiger charge is 2.19. The van der Waals surface area contributed by atoms with E-state index in [9.17, 15) is 0 Å². The smallest absolute Gasteiger partial charge is 0.146 e.